The molecule has 0 saturated heterocycles. The topological polar surface area (TPSA) is 196 Å². The third kappa shape index (κ3) is 7.30. The molecule has 0 spiro atoms. The lowest BCUT2D eigenvalue weighted by molar-refractivity contribution is -0.384. The van der Waals surface area contributed by atoms with Gasteiger partial charge in [0.25, 0.3) is 5.69 Å². The second kappa shape index (κ2) is 11.9. The summed E-state index contributed by atoms with van der Waals surface area (Å²) in [6.45, 7) is 3.06. The van der Waals surface area contributed by atoms with Gasteiger partial charge in [0, 0.05) is 6.07 Å². The van der Waals surface area contributed by atoms with Gasteiger partial charge in [-0.1, -0.05) is 27.0 Å². The van der Waals surface area contributed by atoms with Gasteiger partial charge >= 0.3 is 11.9 Å². The van der Waals surface area contributed by atoms with Crippen LogP contribution in [0.3, 0.4) is 0 Å². The van der Waals surface area contributed by atoms with E-state index in [9.17, 15) is 19.7 Å². The Morgan fingerprint density at radius 1 is 0.833 bits per heavy atom. The molecule has 0 aliphatic carbocycles. The second-order valence-corrected chi connectivity index (χ2v) is 6.08. The van der Waals surface area contributed by atoms with Crippen molar-refractivity contribution in [3.8, 4) is 0 Å². The molecule has 2 atom stereocenters. The van der Waals surface area contributed by atoms with Gasteiger partial charge in [-0.25, -0.2) is 0 Å². The van der Waals surface area contributed by atoms with Crippen LogP contribution < -0.4 is 17.2 Å². The van der Waals surface area contributed by atoms with E-state index in [0.29, 0.717) is 22.5 Å². The first-order valence-electron chi connectivity index (χ1n) is 8.10. The van der Waals surface area contributed by atoms with Crippen LogP contribution in [-0.4, -0.2) is 27.1 Å². The summed E-state index contributed by atoms with van der Waals surface area (Å²) in [7, 11) is 0. The molecule has 10 heteroatoms. The van der Waals surface area contributed by atoms with Crippen molar-refractivity contribution in [2.75, 3.05) is 17.2 Å². The van der Waals surface area contributed by atoms with Gasteiger partial charge in [0.05, 0.1) is 28.1 Å². The molecule has 0 heterocycles. The number of anilines is 3. The lowest BCUT2D eigenvalue weighted by Crippen LogP contribution is -2.08. The van der Waals surface area contributed by atoms with Gasteiger partial charge < -0.3 is 27.4 Å². The van der Waals surface area contributed by atoms with E-state index in [0.717, 1.165) is 0 Å². The molecule has 0 amide bonds. The predicted molar refractivity (Wildman–Crippen MR) is 118 cm³/mol. The molecule has 8 N–H and O–H groups in total. The maximum absolute atomic E-state index is 10.7. The summed E-state index contributed by atoms with van der Waals surface area (Å²) in [5.74, 6) is -3.24. The molecular formula is C20H30N4O6. The second-order valence-electron chi connectivity index (χ2n) is 6.08. The molecule has 0 aliphatic heterocycles. The quantitative estimate of drug-likeness (QED) is 0.271. The molecule has 2 aromatic carbocycles. The molecule has 0 fully saturated rings. The van der Waals surface area contributed by atoms with Crippen molar-refractivity contribution < 1.29 is 24.7 Å². The van der Waals surface area contributed by atoms with Crippen molar-refractivity contribution in [2.24, 2.45) is 0 Å². The number of nitrogens with two attached hydrogens (primary N) is 3. The van der Waals surface area contributed by atoms with E-state index in [4.69, 9.17) is 27.4 Å². The number of nitro groups is 1. The third-order valence-corrected chi connectivity index (χ3v) is 4.10. The highest BCUT2D eigenvalue weighted by molar-refractivity contribution is 5.77. The van der Waals surface area contributed by atoms with Gasteiger partial charge in [-0.05, 0) is 43.2 Å². The van der Waals surface area contributed by atoms with Crippen molar-refractivity contribution in [1.82, 2.24) is 0 Å². The average Bonchev–Trinajstić information content (AvgIpc) is 2.63. The van der Waals surface area contributed by atoms with Crippen molar-refractivity contribution in [2.45, 2.75) is 40.5 Å². The number of rotatable bonds is 5. The van der Waals surface area contributed by atoms with Crippen molar-refractivity contribution >= 4 is 34.7 Å². The lowest BCUT2D eigenvalue weighted by atomic mass is 10.0. The smallest absolute Gasteiger partial charge is 0.310 e. The minimum atomic E-state index is -1.03. The molecule has 2 rings (SSSR count). The molecule has 166 valence electrons. The van der Waals surface area contributed by atoms with Gasteiger partial charge in [-0.2, -0.15) is 0 Å². The van der Waals surface area contributed by atoms with Gasteiger partial charge in [0.1, 0.15) is 5.69 Å². The van der Waals surface area contributed by atoms with Crippen LogP contribution in [0.15, 0.2) is 36.4 Å². The molecule has 0 saturated carbocycles. The number of hydrogen-bond acceptors (Lipinski definition) is 7. The Bertz CT molecular complexity index is 901. The molecule has 30 heavy (non-hydrogen) atoms. The highest BCUT2D eigenvalue weighted by Crippen LogP contribution is 2.26. The van der Waals surface area contributed by atoms with Crippen molar-refractivity contribution in [3.63, 3.8) is 0 Å². The highest BCUT2D eigenvalue weighted by atomic mass is 16.6. The zero-order valence-corrected chi connectivity index (χ0v) is 15.3. The molecule has 0 bridgehead atoms. The van der Waals surface area contributed by atoms with Gasteiger partial charge in [0.2, 0.25) is 0 Å². The molecular weight excluding hydrogens is 392 g/mol. The maximum Gasteiger partial charge on any atom is 0.310 e. The van der Waals surface area contributed by atoms with E-state index >= 15 is 0 Å². The Labute approximate surface area is 175 Å². The summed E-state index contributed by atoms with van der Waals surface area (Å²) in [6, 6.07) is 8.88. The van der Waals surface area contributed by atoms with E-state index in [2.05, 4.69) is 0 Å². The number of carboxylic acids is 2. The first-order chi connectivity index (χ1) is 13.0. The van der Waals surface area contributed by atoms with Gasteiger partial charge in [0.15, 0.2) is 0 Å². The fourth-order valence-corrected chi connectivity index (χ4v) is 2.14. The Kier molecular flexibility index (Phi) is 11.3. The maximum atomic E-state index is 10.7. The van der Waals surface area contributed by atoms with Crippen LogP contribution in [-0.2, 0) is 9.59 Å². The van der Waals surface area contributed by atoms with E-state index < -0.39 is 28.7 Å². The van der Waals surface area contributed by atoms with Gasteiger partial charge in [-0.3, -0.25) is 19.7 Å². The first kappa shape index (κ1) is 28.4. The molecule has 2 aromatic rings. The van der Waals surface area contributed by atoms with Gasteiger partial charge in [-0.15, -0.1) is 0 Å². The number of hydrogen-bond donors (Lipinski definition) is 5. The number of nitrogens with zero attached hydrogens (tertiary/aromatic N) is 1. The minimum Gasteiger partial charge on any atom is -0.481 e. The van der Waals surface area contributed by atoms with Crippen LogP contribution in [0, 0.1) is 10.1 Å². The summed E-state index contributed by atoms with van der Waals surface area (Å²) >= 11 is 0. The Balaban J connectivity index is 0. The monoisotopic (exact) mass is 422 g/mol. The van der Waals surface area contributed by atoms with E-state index in [1.165, 1.54) is 25.1 Å². The Morgan fingerprint density at radius 3 is 1.60 bits per heavy atom. The van der Waals surface area contributed by atoms with Crippen LogP contribution >= 0.6 is 0 Å². The minimum absolute atomic E-state index is 0. The van der Waals surface area contributed by atoms with Crippen molar-refractivity contribution in [3.05, 3.63) is 57.6 Å². The standard InChI is InChI=1S/C9H10N2O4.C9H12N2O2.2CH4/c1-5(9(12)13)6-2-3-7(10)8(4-6)11(14)15;1-5(9(12)13)6-2-3-7(10)8(11)4-6;;/h2-5H,10H2,1H3,(H,12,13);2-5H,10-11H2,1H3,(H,12,13);2*1H4. The third-order valence-electron chi connectivity index (χ3n) is 4.10. The zero-order chi connectivity index (χ0) is 21.6. The number of benzene rings is 2. The number of carbonyl (C=O) groups is 2. The number of aliphatic carboxylic acids is 2. The fraction of sp³-hybridized carbons (Fsp3) is 0.300. The summed E-state index contributed by atoms with van der Waals surface area (Å²) in [5.41, 5.74) is 18.1. The number of carboxylic acid groups (broad SMARTS) is 2. The Morgan fingerprint density at radius 2 is 1.23 bits per heavy atom. The summed E-state index contributed by atoms with van der Waals surface area (Å²) < 4.78 is 0. The predicted octanol–water partition coefficient (Wildman–Crippen LogP) is 3.68. The summed E-state index contributed by atoms with van der Waals surface area (Å²) in [4.78, 5) is 31.2. The number of nitro benzene ring substituents is 1. The zero-order valence-electron chi connectivity index (χ0n) is 15.3. The van der Waals surface area contributed by atoms with E-state index in [1.807, 2.05) is 0 Å². The van der Waals surface area contributed by atoms with Crippen LogP contribution in [0.1, 0.15) is 51.7 Å². The SMILES string of the molecule is C.C.CC(C(=O)O)c1ccc(N)c(N)c1.CC(C(=O)O)c1ccc(N)c([N+](=O)[O-])c1. The van der Waals surface area contributed by atoms with Crippen LogP contribution in [0.25, 0.3) is 0 Å². The highest BCUT2D eigenvalue weighted by Gasteiger charge is 2.19. The molecule has 0 radical (unpaired) electrons. The average molecular weight is 422 g/mol. The normalized spacial score (nSPS) is 11.4. The lowest BCUT2D eigenvalue weighted by Gasteiger charge is -2.08. The van der Waals surface area contributed by atoms with E-state index in [1.54, 1.807) is 25.1 Å². The van der Waals surface area contributed by atoms with E-state index in [-0.39, 0.29) is 26.2 Å². The van der Waals surface area contributed by atoms with Crippen LogP contribution in [0.5, 0.6) is 0 Å². The van der Waals surface area contributed by atoms with Crippen LogP contribution in [0.4, 0.5) is 22.7 Å². The summed E-state index contributed by atoms with van der Waals surface area (Å²) in [5, 5.41) is 28.0. The first-order valence-corrected chi connectivity index (χ1v) is 8.10. The summed E-state index contributed by atoms with van der Waals surface area (Å²) in [6.07, 6.45) is 0. The molecule has 0 aliphatic rings. The molecule has 2 unspecified atom stereocenters. The molecule has 0 aromatic heterocycles. The number of nitrogen functional groups attached to an aromatic ring is 3. The largest absolute Gasteiger partial charge is 0.481 e. The molecule has 10 nitrogen and oxygen atoms in total. The van der Waals surface area contributed by atoms with Crippen molar-refractivity contribution in [1.29, 1.82) is 0 Å². The Hall–Kier alpha value is -3.82. The van der Waals surface area contributed by atoms with Crippen LogP contribution in [0.2, 0.25) is 0 Å². The fourth-order valence-electron chi connectivity index (χ4n) is 2.14.